The summed E-state index contributed by atoms with van der Waals surface area (Å²) in [5.41, 5.74) is 6.07. The summed E-state index contributed by atoms with van der Waals surface area (Å²) >= 11 is 0. The number of piperidine rings is 1. The number of nitrogens with two attached hydrogens (primary N) is 1. The molecule has 2 heterocycles. The molecule has 6 nitrogen and oxygen atoms in total. The molecule has 17 heavy (non-hydrogen) atoms. The van der Waals surface area contributed by atoms with Crippen LogP contribution in [0.15, 0.2) is 18.3 Å². The average Bonchev–Trinajstić information content (AvgIpc) is 2.33. The van der Waals surface area contributed by atoms with Gasteiger partial charge in [-0.15, -0.1) is 0 Å². The molecule has 1 saturated heterocycles. The monoisotopic (exact) mass is 236 g/mol. The second-order valence-electron chi connectivity index (χ2n) is 4.10. The lowest BCUT2D eigenvalue weighted by Gasteiger charge is -2.31. The summed E-state index contributed by atoms with van der Waals surface area (Å²) in [5.74, 6) is 0.431. The van der Waals surface area contributed by atoms with Crippen molar-refractivity contribution in [2.45, 2.75) is 18.9 Å². The van der Waals surface area contributed by atoms with Gasteiger partial charge < -0.3 is 16.2 Å². The summed E-state index contributed by atoms with van der Waals surface area (Å²) < 4.78 is 0. The minimum atomic E-state index is -0.976. The maximum Gasteiger partial charge on any atom is 0.413 e. The third-order valence-corrected chi connectivity index (χ3v) is 2.86. The molecular weight excluding hydrogens is 220 g/mol. The highest BCUT2D eigenvalue weighted by molar-refractivity contribution is 5.85. The fourth-order valence-corrected chi connectivity index (χ4v) is 2.04. The zero-order valence-corrected chi connectivity index (χ0v) is 9.47. The number of amides is 1. The van der Waals surface area contributed by atoms with Crippen molar-refractivity contribution in [1.29, 1.82) is 0 Å². The molecule has 4 N–H and O–H groups in total. The van der Waals surface area contributed by atoms with Crippen LogP contribution in [0.4, 0.5) is 16.3 Å². The van der Waals surface area contributed by atoms with Crippen molar-refractivity contribution >= 4 is 17.6 Å². The number of carbonyl (C=O) groups is 1. The van der Waals surface area contributed by atoms with Crippen LogP contribution in [0.5, 0.6) is 0 Å². The molecule has 0 aliphatic carbocycles. The molecule has 1 aliphatic rings. The molecule has 6 heteroatoms. The Hall–Kier alpha value is -1.82. The Balaban J connectivity index is 2.21. The van der Waals surface area contributed by atoms with Gasteiger partial charge in [0.1, 0.15) is 5.82 Å². The predicted octanol–water partition coefficient (Wildman–Crippen LogP) is 0.900. The van der Waals surface area contributed by atoms with Gasteiger partial charge in [-0.25, -0.2) is 9.78 Å². The van der Waals surface area contributed by atoms with Crippen LogP contribution >= 0.6 is 0 Å². The van der Waals surface area contributed by atoms with Gasteiger partial charge in [-0.2, -0.15) is 0 Å². The predicted molar refractivity (Wildman–Crippen MR) is 65.0 cm³/mol. The van der Waals surface area contributed by atoms with Crippen LogP contribution < -0.4 is 16.0 Å². The first-order chi connectivity index (χ1) is 8.18. The van der Waals surface area contributed by atoms with E-state index in [2.05, 4.69) is 10.3 Å². The normalized spacial score (nSPS) is 19.9. The molecule has 0 radical (unpaired) electrons. The van der Waals surface area contributed by atoms with Crippen LogP contribution in [0, 0.1) is 0 Å². The lowest BCUT2D eigenvalue weighted by molar-refractivity contribution is 0.197. The van der Waals surface area contributed by atoms with E-state index in [4.69, 9.17) is 5.73 Å². The highest BCUT2D eigenvalue weighted by atomic mass is 16.4. The number of nitrogens with zero attached hydrogens (tertiary/aromatic N) is 2. The number of rotatable bonds is 2. The van der Waals surface area contributed by atoms with Gasteiger partial charge >= 0.3 is 6.09 Å². The summed E-state index contributed by atoms with van der Waals surface area (Å²) in [6, 6.07) is 3.24. The van der Waals surface area contributed by atoms with Gasteiger partial charge in [0.2, 0.25) is 0 Å². The fraction of sp³-hybridized carbons (Fsp3) is 0.455. The van der Waals surface area contributed by atoms with Gasteiger partial charge in [-0.1, -0.05) is 0 Å². The van der Waals surface area contributed by atoms with E-state index in [0.29, 0.717) is 18.1 Å². The average molecular weight is 236 g/mol. The van der Waals surface area contributed by atoms with Gasteiger partial charge in [0.05, 0.1) is 17.9 Å². The van der Waals surface area contributed by atoms with E-state index in [1.807, 2.05) is 0 Å². The Bertz CT molecular complexity index is 387. The van der Waals surface area contributed by atoms with Gasteiger partial charge in [0.25, 0.3) is 0 Å². The molecule has 0 bridgehead atoms. The second-order valence-corrected chi connectivity index (χ2v) is 4.10. The van der Waals surface area contributed by atoms with E-state index in [1.165, 1.54) is 11.1 Å². The first-order valence-corrected chi connectivity index (χ1v) is 5.63. The number of anilines is 2. The Morgan fingerprint density at radius 3 is 2.94 bits per heavy atom. The topological polar surface area (TPSA) is 91.5 Å². The zero-order valence-electron chi connectivity index (χ0n) is 9.47. The van der Waals surface area contributed by atoms with Crippen molar-refractivity contribution in [2.75, 3.05) is 23.7 Å². The third-order valence-electron chi connectivity index (χ3n) is 2.86. The lowest BCUT2D eigenvalue weighted by Crippen LogP contribution is -2.48. The number of nitrogens with one attached hydrogen (secondary N) is 1. The van der Waals surface area contributed by atoms with Gasteiger partial charge in [0.15, 0.2) is 0 Å². The molecule has 1 amide bonds. The van der Waals surface area contributed by atoms with E-state index >= 15 is 0 Å². The molecule has 2 rings (SSSR count). The molecule has 0 aromatic carbocycles. The number of aromatic nitrogens is 1. The molecule has 92 valence electrons. The zero-order chi connectivity index (χ0) is 12.3. The van der Waals surface area contributed by atoms with Crippen LogP contribution in [-0.4, -0.2) is 35.3 Å². The first kappa shape index (κ1) is 11.7. The Morgan fingerprint density at radius 1 is 1.59 bits per heavy atom. The highest BCUT2D eigenvalue weighted by Gasteiger charge is 2.27. The van der Waals surface area contributed by atoms with E-state index in [-0.39, 0.29) is 6.04 Å². The number of hydrogen-bond donors (Lipinski definition) is 3. The Morgan fingerprint density at radius 2 is 2.41 bits per heavy atom. The van der Waals surface area contributed by atoms with Crippen LogP contribution in [0.2, 0.25) is 0 Å². The highest BCUT2D eigenvalue weighted by Crippen LogP contribution is 2.19. The summed E-state index contributed by atoms with van der Waals surface area (Å²) in [4.78, 5) is 16.7. The van der Waals surface area contributed by atoms with Gasteiger partial charge in [-0.05, 0) is 31.5 Å². The molecule has 1 aromatic heterocycles. The molecule has 0 saturated carbocycles. The molecule has 1 fully saturated rings. The molecule has 1 aromatic rings. The van der Waals surface area contributed by atoms with Crippen LogP contribution in [0.1, 0.15) is 12.8 Å². The van der Waals surface area contributed by atoms with Crippen molar-refractivity contribution in [2.24, 2.45) is 0 Å². The molecule has 1 unspecified atom stereocenters. The van der Waals surface area contributed by atoms with Crippen LogP contribution in [-0.2, 0) is 0 Å². The second kappa shape index (κ2) is 5.01. The minimum Gasteiger partial charge on any atom is -0.465 e. The van der Waals surface area contributed by atoms with Crippen LogP contribution in [0.3, 0.4) is 0 Å². The third kappa shape index (κ3) is 2.65. The Labute approximate surface area is 99.4 Å². The Kier molecular flexibility index (Phi) is 3.43. The lowest BCUT2D eigenvalue weighted by atomic mass is 10.1. The maximum atomic E-state index is 11.3. The summed E-state index contributed by atoms with van der Waals surface area (Å²) in [7, 11) is 0. The van der Waals surface area contributed by atoms with Gasteiger partial charge in [-0.3, -0.25) is 4.90 Å². The molecular formula is C11H16N4O2. The van der Waals surface area contributed by atoms with Crippen molar-refractivity contribution in [3.05, 3.63) is 18.3 Å². The van der Waals surface area contributed by atoms with Gasteiger partial charge in [0, 0.05) is 6.54 Å². The standard InChI is InChI=1S/C11H16N4O2/c12-8-3-4-10(14-6-8)15(11(16)17)9-2-1-5-13-7-9/h3-4,6,9,13H,1-2,5,7,12H2,(H,16,17). The minimum absolute atomic E-state index is 0.0580. The summed E-state index contributed by atoms with van der Waals surface area (Å²) in [5, 5.41) is 12.5. The van der Waals surface area contributed by atoms with E-state index in [0.717, 1.165) is 19.4 Å². The number of hydrogen-bond acceptors (Lipinski definition) is 4. The fourth-order valence-electron chi connectivity index (χ4n) is 2.04. The molecule has 1 aliphatic heterocycles. The quantitative estimate of drug-likeness (QED) is 0.709. The molecule has 0 spiro atoms. The van der Waals surface area contributed by atoms with Crippen molar-refractivity contribution in [1.82, 2.24) is 10.3 Å². The van der Waals surface area contributed by atoms with E-state index in [9.17, 15) is 9.90 Å². The van der Waals surface area contributed by atoms with Crippen LogP contribution in [0.25, 0.3) is 0 Å². The smallest absolute Gasteiger partial charge is 0.413 e. The van der Waals surface area contributed by atoms with E-state index in [1.54, 1.807) is 12.1 Å². The number of pyridine rings is 1. The van der Waals surface area contributed by atoms with Crippen molar-refractivity contribution < 1.29 is 9.90 Å². The first-order valence-electron chi connectivity index (χ1n) is 5.63. The number of carboxylic acid groups (broad SMARTS) is 1. The largest absolute Gasteiger partial charge is 0.465 e. The van der Waals surface area contributed by atoms with E-state index < -0.39 is 6.09 Å². The van der Waals surface area contributed by atoms with Crippen molar-refractivity contribution in [3.63, 3.8) is 0 Å². The summed E-state index contributed by atoms with van der Waals surface area (Å²) in [6.45, 7) is 1.61. The maximum absolute atomic E-state index is 11.3. The van der Waals surface area contributed by atoms with Crippen molar-refractivity contribution in [3.8, 4) is 0 Å². The molecule has 1 atom stereocenters. The summed E-state index contributed by atoms with van der Waals surface area (Å²) in [6.07, 6.45) is 2.33. The SMILES string of the molecule is Nc1ccc(N(C(=O)O)C2CCCNC2)nc1. The number of nitrogen functional groups attached to an aromatic ring is 1.